The molecule has 0 amide bonds. The largest absolute Gasteiger partial charge is 0.270 e. The van der Waals surface area contributed by atoms with E-state index in [2.05, 4.69) is 79.2 Å². The molecule has 1 aromatic heterocycles. The first-order chi connectivity index (χ1) is 10.2. The van der Waals surface area contributed by atoms with Crippen LogP contribution in [0.5, 0.6) is 0 Å². The van der Waals surface area contributed by atoms with Crippen LogP contribution in [0.15, 0.2) is 60.7 Å². The van der Waals surface area contributed by atoms with Gasteiger partial charge < -0.3 is 0 Å². The Labute approximate surface area is 128 Å². The van der Waals surface area contributed by atoms with Crippen molar-refractivity contribution in [1.29, 1.82) is 0 Å². The summed E-state index contributed by atoms with van der Waals surface area (Å²) in [6.07, 6.45) is 0. The van der Waals surface area contributed by atoms with Crippen molar-refractivity contribution in [2.75, 3.05) is 0 Å². The van der Waals surface area contributed by atoms with Crippen molar-refractivity contribution in [3.8, 4) is 10.6 Å². The summed E-state index contributed by atoms with van der Waals surface area (Å²) in [6.45, 7) is 2.20. The van der Waals surface area contributed by atoms with Crippen molar-refractivity contribution < 1.29 is 4.57 Å². The van der Waals surface area contributed by atoms with Gasteiger partial charge in [-0.25, -0.2) is 0 Å². The zero-order chi connectivity index (χ0) is 14.4. The van der Waals surface area contributed by atoms with Gasteiger partial charge in [-0.2, -0.15) is 4.57 Å². The lowest BCUT2D eigenvalue weighted by Crippen LogP contribution is -2.28. The molecule has 4 aromatic rings. The molecule has 3 aromatic carbocycles. The van der Waals surface area contributed by atoms with Gasteiger partial charge in [0.25, 0.3) is 5.01 Å². The normalized spacial score (nSPS) is 11.3. The van der Waals surface area contributed by atoms with Gasteiger partial charge in [0.15, 0.2) is 0 Å². The number of aryl methyl sites for hydroxylation is 2. The lowest BCUT2D eigenvalue weighted by Gasteiger charge is -2.04. The molecule has 4 rings (SSSR count). The second-order valence-corrected chi connectivity index (χ2v) is 6.48. The van der Waals surface area contributed by atoms with Crippen molar-refractivity contribution >= 4 is 32.3 Å². The van der Waals surface area contributed by atoms with Gasteiger partial charge in [-0.1, -0.05) is 53.8 Å². The highest BCUT2D eigenvalue weighted by molar-refractivity contribution is 7.21. The van der Waals surface area contributed by atoms with E-state index >= 15 is 0 Å². The highest BCUT2D eigenvalue weighted by Gasteiger charge is 2.20. The van der Waals surface area contributed by atoms with Gasteiger partial charge in [0.1, 0.15) is 11.7 Å². The minimum atomic E-state index is 1.30. The molecule has 1 nitrogen and oxygen atoms in total. The fraction of sp³-hybridized carbons (Fsp3) is 0.105. The molecule has 0 bridgehead atoms. The Bertz CT molecular complexity index is 966. The lowest BCUT2D eigenvalue weighted by molar-refractivity contribution is -0.629. The maximum absolute atomic E-state index is 2.31. The molecule has 0 atom stereocenters. The van der Waals surface area contributed by atoms with Crippen LogP contribution < -0.4 is 4.57 Å². The number of aromatic nitrogens is 1. The van der Waals surface area contributed by atoms with Crippen LogP contribution in [0.2, 0.25) is 0 Å². The van der Waals surface area contributed by atoms with Crippen LogP contribution in [-0.4, -0.2) is 0 Å². The standard InChI is InChI=1S/C19H16NS/c1-13-11-14-7-3-4-8-15(14)12-16(13)19-20(2)17-9-5-6-10-18(17)21-19/h3-12H,1-2H3/q+1. The zero-order valence-corrected chi connectivity index (χ0v) is 12.9. The maximum atomic E-state index is 2.31. The first-order valence-corrected chi connectivity index (χ1v) is 7.93. The molecular formula is C19H16NS+. The molecule has 0 saturated heterocycles. The van der Waals surface area contributed by atoms with Gasteiger partial charge in [-0.15, -0.1) is 0 Å². The minimum Gasteiger partial charge on any atom is -0.184 e. The third-order valence-corrected chi connectivity index (χ3v) is 5.31. The highest BCUT2D eigenvalue weighted by Crippen LogP contribution is 2.32. The Morgan fingerprint density at radius 2 is 1.52 bits per heavy atom. The predicted octanol–water partition coefficient (Wildman–Crippen LogP) is 4.85. The summed E-state index contributed by atoms with van der Waals surface area (Å²) in [5, 5.41) is 3.93. The van der Waals surface area contributed by atoms with Crippen molar-refractivity contribution in [1.82, 2.24) is 0 Å². The second-order valence-electron chi connectivity index (χ2n) is 5.45. The van der Waals surface area contributed by atoms with E-state index in [4.69, 9.17) is 0 Å². The van der Waals surface area contributed by atoms with E-state index in [1.54, 1.807) is 0 Å². The smallest absolute Gasteiger partial charge is 0.184 e. The number of thiazole rings is 1. The van der Waals surface area contributed by atoms with Gasteiger partial charge >= 0.3 is 0 Å². The number of fused-ring (bicyclic) bond motifs is 2. The Balaban J connectivity index is 2.03. The van der Waals surface area contributed by atoms with Crippen LogP contribution in [0.3, 0.4) is 0 Å². The Morgan fingerprint density at radius 3 is 2.29 bits per heavy atom. The average Bonchev–Trinajstić information content (AvgIpc) is 2.84. The van der Waals surface area contributed by atoms with Gasteiger partial charge in [0.2, 0.25) is 5.52 Å². The fourth-order valence-electron chi connectivity index (χ4n) is 2.92. The lowest BCUT2D eigenvalue weighted by atomic mass is 10.0. The third kappa shape index (κ3) is 1.95. The molecule has 0 saturated carbocycles. The molecule has 2 heteroatoms. The number of benzene rings is 3. The number of nitrogens with zero attached hydrogens (tertiary/aromatic N) is 1. The highest BCUT2D eigenvalue weighted by atomic mass is 32.1. The molecule has 0 aliphatic rings. The SMILES string of the molecule is Cc1cc2ccccc2cc1-c1sc2ccccc2[n+]1C. The van der Waals surface area contributed by atoms with Crippen LogP contribution in [0.1, 0.15) is 5.56 Å². The molecule has 0 N–H and O–H groups in total. The van der Waals surface area contributed by atoms with Crippen molar-refractivity contribution in [3.63, 3.8) is 0 Å². The van der Waals surface area contributed by atoms with E-state index in [0.717, 1.165) is 0 Å². The summed E-state index contributed by atoms with van der Waals surface area (Å²) in [5.41, 5.74) is 3.96. The number of para-hydroxylation sites is 1. The van der Waals surface area contributed by atoms with Crippen molar-refractivity contribution in [3.05, 3.63) is 66.2 Å². The van der Waals surface area contributed by atoms with Gasteiger partial charge in [-0.3, -0.25) is 0 Å². The summed E-state index contributed by atoms with van der Waals surface area (Å²) < 4.78 is 3.64. The van der Waals surface area contributed by atoms with Gasteiger partial charge in [-0.05, 0) is 35.4 Å². The van der Waals surface area contributed by atoms with Gasteiger partial charge in [0, 0.05) is 6.07 Å². The second kappa shape index (κ2) is 4.68. The monoisotopic (exact) mass is 290 g/mol. The van der Waals surface area contributed by atoms with E-state index in [1.807, 2.05) is 11.3 Å². The van der Waals surface area contributed by atoms with E-state index in [0.29, 0.717) is 0 Å². The number of hydrogen-bond acceptors (Lipinski definition) is 1. The van der Waals surface area contributed by atoms with E-state index in [1.165, 1.54) is 37.1 Å². The first kappa shape index (κ1) is 12.5. The summed E-state index contributed by atoms with van der Waals surface area (Å²) >= 11 is 1.86. The summed E-state index contributed by atoms with van der Waals surface area (Å²) in [4.78, 5) is 0. The maximum Gasteiger partial charge on any atom is 0.270 e. The molecule has 0 fully saturated rings. The minimum absolute atomic E-state index is 1.30. The molecule has 102 valence electrons. The Morgan fingerprint density at radius 1 is 0.857 bits per heavy atom. The fourth-order valence-corrected chi connectivity index (χ4v) is 4.15. The van der Waals surface area contributed by atoms with Crippen LogP contribution in [0, 0.1) is 6.92 Å². The molecule has 0 spiro atoms. The Hall–Kier alpha value is -2.19. The molecule has 0 aliphatic carbocycles. The molecule has 21 heavy (non-hydrogen) atoms. The number of rotatable bonds is 1. The topological polar surface area (TPSA) is 3.88 Å². The van der Waals surface area contributed by atoms with Crippen molar-refractivity contribution in [2.45, 2.75) is 6.92 Å². The zero-order valence-electron chi connectivity index (χ0n) is 12.1. The molecule has 0 unspecified atom stereocenters. The average molecular weight is 290 g/mol. The van der Waals surface area contributed by atoms with Gasteiger partial charge in [0.05, 0.1) is 5.56 Å². The third-order valence-electron chi connectivity index (χ3n) is 4.06. The van der Waals surface area contributed by atoms with E-state index in [9.17, 15) is 0 Å². The van der Waals surface area contributed by atoms with Crippen LogP contribution >= 0.6 is 11.3 Å². The summed E-state index contributed by atoms with van der Waals surface area (Å²) in [5.74, 6) is 0. The van der Waals surface area contributed by atoms with Crippen LogP contribution in [-0.2, 0) is 7.05 Å². The van der Waals surface area contributed by atoms with E-state index < -0.39 is 0 Å². The van der Waals surface area contributed by atoms with Crippen molar-refractivity contribution in [2.24, 2.45) is 7.05 Å². The summed E-state index contributed by atoms with van der Waals surface area (Å²) in [7, 11) is 2.16. The van der Waals surface area contributed by atoms with E-state index in [-0.39, 0.29) is 0 Å². The van der Waals surface area contributed by atoms with Crippen LogP contribution in [0.4, 0.5) is 0 Å². The molecule has 0 radical (unpaired) electrons. The predicted molar refractivity (Wildman–Crippen MR) is 90.7 cm³/mol. The van der Waals surface area contributed by atoms with Crippen LogP contribution in [0.25, 0.3) is 31.6 Å². The Kier molecular flexibility index (Phi) is 2.79. The molecular weight excluding hydrogens is 274 g/mol. The summed E-state index contributed by atoms with van der Waals surface area (Å²) in [6, 6.07) is 21.8. The number of hydrogen-bond donors (Lipinski definition) is 0. The first-order valence-electron chi connectivity index (χ1n) is 7.11. The quantitative estimate of drug-likeness (QED) is 0.441. The molecule has 0 aliphatic heterocycles. The molecule has 1 heterocycles.